The minimum atomic E-state index is -1.00. The van der Waals surface area contributed by atoms with Crippen molar-refractivity contribution in [1.82, 2.24) is 14.8 Å². The van der Waals surface area contributed by atoms with Crippen molar-refractivity contribution in [3.8, 4) is 0 Å². The van der Waals surface area contributed by atoms with Crippen molar-refractivity contribution in [2.45, 2.75) is 57.5 Å². The highest BCUT2D eigenvalue weighted by molar-refractivity contribution is 6.25. The van der Waals surface area contributed by atoms with E-state index in [2.05, 4.69) is 10.6 Å². The minimum Gasteiger partial charge on any atom is -0.481 e. The van der Waals surface area contributed by atoms with E-state index in [0.29, 0.717) is 24.3 Å². The molecule has 11 nitrogen and oxygen atoms in total. The Morgan fingerprint density at radius 2 is 1.78 bits per heavy atom. The average molecular weight is 509 g/mol. The van der Waals surface area contributed by atoms with Crippen LogP contribution >= 0.6 is 0 Å². The number of fused-ring (bicyclic) bond motifs is 1. The number of piperidine rings is 1. The van der Waals surface area contributed by atoms with Gasteiger partial charge >= 0.3 is 5.97 Å². The maximum atomic E-state index is 13.1. The van der Waals surface area contributed by atoms with E-state index in [4.69, 9.17) is 5.11 Å². The molecule has 0 radical (unpaired) electrons. The van der Waals surface area contributed by atoms with Crippen LogP contribution in [0.2, 0.25) is 0 Å². The molecule has 1 atom stereocenters. The Labute approximate surface area is 212 Å². The fourth-order valence-electron chi connectivity index (χ4n) is 4.68. The third kappa shape index (κ3) is 5.76. The number of carboxylic acids is 1. The molecule has 1 fully saturated rings. The molecule has 11 heteroatoms. The molecule has 0 bridgehead atoms. The van der Waals surface area contributed by atoms with Gasteiger partial charge in [0.25, 0.3) is 17.4 Å². The van der Waals surface area contributed by atoms with Gasteiger partial charge in [-0.1, -0.05) is 25.0 Å². The molecule has 37 heavy (non-hydrogen) atoms. The molecule has 3 N–H and O–H groups in total. The molecule has 0 spiro atoms. The van der Waals surface area contributed by atoms with Crippen LogP contribution in [0, 0.1) is 0 Å². The topological polar surface area (TPSA) is 155 Å². The Bertz CT molecular complexity index is 1320. The van der Waals surface area contributed by atoms with Crippen LogP contribution in [0.4, 0.5) is 5.69 Å². The van der Waals surface area contributed by atoms with E-state index >= 15 is 0 Å². The number of pyridine rings is 1. The number of hydrogen-bond acceptors (Lipinski definition) is 7. The molecule has 0 saturated carbocycles. The number of unbranched alkanes of at least 4 members (excludes halogenated alkanes) is 3. The molecule has 4 rings (SSSR count). The van der Waals surface area contributed by atoms with Gasteiger partial charge in [0, 0.05) is 37.5 Å². The Balaban J connectivity index is 1.27. The molecule has 194 valence electrons. The van der Waals surface area contributed by atoms with Crippen LogP contribution in [-0.2, 0) is 27.3 Å². The van der Waals surface area contributed by atoms with Gasteiger partial charge in [-0.15, -0.1) is 0 Å². The normalized spacial score (nSPS) is 17.1. The van der Waals surface area contributed by atoms with Gasteiger partial charge in [0.15, 0.2) is 0 Å². The number of anilines is 1. The number of aromatic nitrogens is 1. The predicted molar refractivity (Wildman–Crippen MR) is 132 cm³/mol. The number of carbonyl (C=O) groups excluding carboxylic acids is 4. The van der Waals surface area contributed by atoms with Gasteiger partial charge in [-0.2, -0.15) is 0 Å². The molecule has 0 aliphatic carbocycles. The number of amides is 4. The number of carbonyl (C=O) groups is 5. The maximum Gasteiger partial charge on any atom is 0.307 e. The highest BCUT2D eigenvalue weighted by Gasteiger charge is 2.45. The molecular formula is C26H28N4O7. The zero-order valence-electron chi connectivity index (χ0n) is 20.2. The van der Waals surface area contributed by atoms with Crippen LogP contribution in [0.5, 0.6) is 0 Å². The van der Waals surface area contributed by atoms with E-state index in [0.717, 1.165) is 30.6 Å². The second kappa shape index (κ2) is 11.2. The Morgan fingerprint density at radius 1 is 1.00 bits per heavy atom. The quantitative estimate of drug-likeness (QED) is 0.305. The summed E-state index contributed by atoms with van der Waals surface area (Å²) in [6, 6.07) is 6.86. The van der Waals surface area contributed by atoms with Crippen LogP contribution in [0.1, 0.15) is 64.8 Å². The molecular weight excluding hydrogens is 480 g/mol. The van der Waals surface area contributed by atoms with E-state index in [-0.39, 0.29) is 35.9 Å². The minimum absolute atomic E-state index is 0.0668. The number of carboxylic acid groups (broad SMARTS) is 1. The number of aliphatic carboxylic acids is 1. The number of nitrogens with zero attached hydrogens (tertiary/aromatic N) is 2. The van der Waals surface area contributed by atoms with E-state index in [1.807, 2.05) is 0 Å². The van der Waals surface area contributed by atoms with E-state index in [9.17, 15) is 28.8 Å². The lowest BCUT2D eigenvalue weighted by Gasteiger charge is -2.27. The summed E-state index contributed by atoms with van der Waals surface area (Å²) in [5, 5.41) is 14.3. The zero-order valence-corrected chi connectivity index (χ0v) is 20.2. The molecule has 2 aliphatic heterocycles. The summed E-state index contributed by atoms with van der Waals surface area (Å²) < 4.78 is 1.53. The number of nitrogens with one attached hydrogen (secondary N) is 2. The lowest BCUT2D eigenvalue weighted by atomic mass is 10.0. The van der Waals surface area contributed by atoms with Crippen molar-refractivity contribution < 1.29 is 29.1 Å². The average Bonchev–Trinajstić information content (AvgIpc) is 3.10. The third-order valence-electron chi connectivity index (χ3n) is 6.51. The third-order valence-corrected chi connectivity index (χ3v) is 6.51. The molecule has 4 amide bonds. The number of hydrogen-bond donors (Lipinski definition) is 3. The summed E-state index contributed by atoms with van der Waals surface area (Å²) in [5.41, 5.74) is 1.40. The lowest BCUT2D eigenvalue weighted by molar-refractivity contribution is -0.137. The standard InChI is InChI=1S/C26H28N4O7/c31-20-10-9-19(24(35)28-20)30-25(36)17-6-5-7-18(23(17)26(30)37)27-12-3-1-2-4-13-29-15-16(14-22(33)34)8-11-21(29)32/h5-8,11,15,19,27H,1-4,9-10,12-14H2,(H,33,34)(H,28,31,35). The second-order valence-electron chi connectivity index (χ2n) is 9.16. The number of benzene rings is 1. The molecule has 1 saturated heterocycles. The summed E-state index contributed by atoms with van der Waals surface area (Å²) in [7, 11) is 0. The largest absolute Gasteiger partial charge is 0.481 e. The van der Waals surface area contributed by atoms with Crippen molar-refractivity contribution in [3.63, 3.8) is 0 Å². The van der Waals surface area contributed by atoms with Crippen molar-refractivity contribution >= 4 is 35.3 Å². The first-order chi connectivity index (χ1) is 17.8. The first-order valence-electron chi connectivity index (χ1n) is 12.3. The summed E-state index contributed by atoms with van der Waals surface area (Å²) in [6.07, 6.45) is 4.89. The van der Waals surface area contributed by atoms with Crippen LogP contribution in [-0.4, -0.2) is 56.8 Å². The Kier molecular flexibility index (Phi) is 7.80. The van der Waals surface area contributed by atoms with Gasteiger partial charge in [-0.25, -0.2) is 0 Å². The van der Waals surface area contributed by atoms with Gasteiger partial charge < -0.3 is 15.0 Å². The van der Waals surface area contributed by atoms with Crippen molar-refractivity contribution in [3.05, 3.63) is 63.6 Å². The lowest BCUT2D eigenvalue weighted by Crippen LogP contribution is -2.54. The molecule has 3 heterocycles. The highest BCUT2D eigenvalue weighted by atomic mass is 16.4. The van der Waals surface area contributed by atoms with Crippen LogP contribution in [0.25, 0.3) is 0 Å². The second-order valence-corrected chi connectivity index (χ2v) is 9.16. The molecule has 1 aromatic carbocycles. The first-order valence-corrected chi connectivity index (χ1v) is 12.3. The number of aryl methyl sites for hydroxylation is 1. The van der Waals surface area contributed by atoms with Crippen molar-refractivity contribution in [2.24, 2.45) is 0 Å². The van der Waals surface area contributed by atoms with Gasteiger partial charge in [-0.05, 0) is 37.0 Å². The maximum absolute atomic E-state index is 13.1. The summed E-state index contributed by atoms with van der Waals surface area (Å²) in [4.78, 5) is 73.5. The number of rotatable bonds is 11. The summed E-state index contributed by atoms with van der Waals surface area (Å²) in [5.74, 6) is -3.10. The SMILES string of the molecule is O=C(O)Cc1ccc(=O)n(CCCCCCNc2cccc3c2C(=O)N(C2CCC(=O)NC2=O)C3=O)c1. The van der Waals surface area contributed by atoms with Crippen LogP contribution in [0.3, 0.4) is 0 Å². The Hall–Kier alpha value is -4.28. The van der Waals surface area contributed by atoms with Gasteiger partial charge in [-0.3, -0.25) is 39.0 Å². The van der Waals surface area contributed by atoms with E-state index < -0.39 is 35.6 Å². The Morgan fingerprint density at radius 3 is 2.54 bits per heavy atom. The fourth-order valence-corrected chi connectivity index (χ4v) is 4.68. The smallest absolute Gasteiger partial charge is 0.307 e. The molecule has 1 unspecified atom stereocenters. The molecule has 1 aromatic heterocycles. The van der Waals surface area contributed by atoms with Crippen molar-refractivity contribution in [1.29, 1.82) is 0 Å². The van der Waals surface area contributed by atoms with E-state index in [1.54, 1.807) is 24.4 Å². The van der Waals surface area contributed by atoms with Gasteiger partial charge in [0.05, 0.1) is 17.5 Å². The number of imide groups is 2. The first kappa shape index (κ1) is 25.8. The monoisotopic (exact) mass is 508 g/mol. The highest BCUT2D eigenvalue weighted by Crippen LogP contribution is 2.32. The van der Waals surface area contributed by atoms with Crippen LogP contribution < -0.4 is 16.2 Å². The molecule has 2 aromatic rings. The fraction of sp³-hybridized carbons (Fsp3) is 0.385. The van der Waals surface area contributed by atoms with Crippen molar-refractivity contribution in [2.75, 3.05) is 11.9 Å². The van der Waals surface area contributed by atoms with Gasteiger partial charge in [0.2, 0.25) is 11.8 Å². The predicted octanol–water partition coefficient (Wildman–Crippen LogP) is 1.55. The van der Waals surface area contributed by atoms with E-state index in [1.165, 1.54) is 16.7 Å². The zero-order chi connectivity index (χ0) is 26.5. The summed E-state index contributed by atoms with van der Waals surface area (Å²) >= 11 is 0. The molecule has 2 aliphatic rings. The van der Waals surface area contributed by atoms with Gasteiger partial charge in [0.1, 0.15) is 6.04 Å². The van der Waals surface area contributed by atoms with Crippen LogP contribution in [0.15, 0.2) is 41.3 Å². The summed E-state index contributed by atoms with van der Waals surface area (Å²) in [6.45, 7) is 1.06.